The van der Waals surface area contributed by atoms with E-state index in [0.717, 1.165) is 77.0 Å². The lowest BCUT2D eigenvalue weighted by molar-refractivity contribution is -0.870. The van der Waals surface area contributed by atoms with E-state index in [-0.39, 0.29) is 25.8 Å². The molecule has 59 heavy (non-hydrogen) atoms. The maximum atomic E-state index is 12.7. The van der Waals surface area contributed by atoms with Crippen LogP contribution in [-0.2, 0) is 27.9 Å². The molecule has 0 rings (SSSR count). The number of quaternary nitrogens is 1. The second-order valence-electron chi connectivity index (χ2n) is 16.7. The number of rotatable bonds is 43. The molecule has 0 aromatic heterocycles. The molecular formula is C50H90NO7P. The highest BCUT2D eigenvalue weighted by Crippen LogP contribution is 2.38. The van der Waals surface area contributed by atoms with Crippen molar-refractivity contribution in [2.24, 2.45) is 0 Å². The minimum absolute atomic E-state index is 0.0182. The summed E-state index contributed by atoms with van der Waals surface area (Å²) in [6.45, 7) is 5.23. The molecule has 342 valence electrons. The molecule has 0 heterocycles. The lowest BCUT2D eigenvalue weighted by Gasteiger charge is -2.28. The second kappa shape index (κ2) is 42.6. The average Bonchev–Trinajstić information content (AvgIpc) is 3.19. The first-order valence-corrected chi connectivity index (χ1v) is 25.1. The van der Waals surface area contributed by atoms with Gasteiger partial charge >= 0.3 is 5.97 Å². The Morgan fingerprint density at radius 2 is 0.983 bits per heavy atom. The molecule has 0 spiro atoms. The van der Waals surface area contributed by atoms with Crippen LogP contribution in [0.2, 0.25) is 0 Å². The first-order valence-electron chi connectivity index (χ1n) is 23.7. The van der Waals surface area contributed by atoms with Gasteiger partial charge in [-0.1, -0.05) is 164 Å². The molecule has 0 fully saturated rings. The molecule has 0 aliphatic rings. The molecule has 0 saturated heterocycles. The van der Waals surface area contributed by atoms with Gasteiger partial charge in [0.15, 0.2) is 0 Å². The van der Waals surface area contributed by atoms with Gasteiger partial charge in [-0.05, 0) is 83.5 Å². The van der Waals surface area contributed by atoms with Crippen LogP contribution in [0.5, 0.6) is 0 Å². The average molecular weight is 848 g/mol. The van der Waals surface area contributed by atoms with E-state index in [9.17, 15) is 14.3 Å². The zero-order chi connectivity index (χ0) is 43.4. The summed E-state index contributed by atoms with van der Waals surface area (Å²) in [5, 5.41) is 0. The van der Waals surface area contributed by atoms with E-state index in [0.29, 0.717) is 24.1 Å². The number of carbonyl (C=O) groups excluding carboxylic acids is 1. The maximum Gasteiger partial charge on any atom is 0.306 e. The lowest BCUT2D eigenvalue weighted by atomic mass is 10.1. The predicted molar refractivity (Wildman–Crippen MR) is 249 cm³/mol. The van der Waals surface area contributed by atoms with Crippen LogP contribution in [0, 0.1) is 0 Å². The van der Waals surface area contributed by atoms with Crippen LogP contribution in [0.25, 0.3) is 0 Å². The Hall–Kier alpha value is -2.06. The fourth-order valence-electron chi connectivity index (χ4n) is 6.10. The van der Waals surface area contributed by atoms with Crippen LogP contribution in [0.1, 0.15) is 181 Å². The van der Waals surface area contributed by atoms with Gasteiger partial charge < -0.3 is 27.9 Å². The van der Waals surface area contributed by atoms with Gasteiger partial charge in [0.1, 0.15) is 19.3 Å². The van der Waals surface area contributed by atoms with Crippen LogP contribution < -0.4 is 4.89 Å². The molecule has 9 heteroatoms. The molecule has 0 aliphatic carbocycles. The molecule has 0 aromatic carbocycles. The number of hydrogen-bond donors (Lipinski definition) is 0. The third-order valence-corrected chi connectivity index (χ3v) is 10.7. The predicted octanol–water partition coefficient (Wildman–Crippen LogP) is 13.6. The maximum absolute atomic E-state index is 12.7. The Balaban J connectivity index is 4.25. The number of unbranched alkanes of at least 4 members (excludes halogenated alkanes) is 17. The summed E-state index contributed by atoms with van der Waals surface area (Å²) in [6.07, 6.45) is 54.8. The zero-order valence-corrected chi connectivity index (χ0v) is 39.6. The number of carbonyl (C=O) groups is 1. The summed E-state index contributed by atoms with van der Waals surface area (Å²) < 4.78 is 34.7. The van der Waals surface area contributed by atoms with Gasteiger partial charge in [0.25, 0.3) is 7.82 Å². The van der Waals surface area contributed by atoms with Crippen molar-refractivity contribution in [1.29, 1.82) is 0 Å². The van der Waals surface area contributed by atoms with Gasteiger partial charge in [0, 0.05) is 13.0 Å². The third-order valence-electron chi connectivity index (χ3n) is 9.74. The molecular weight excluding hydrogens is 758 g/mol. The summed E-state index contributed by atoms with van der Waals surface area (Å²) in [5.74, 6) is -0.352. The third kappa shape index (κ3) is 46.9. The summed E-state index contributed by atoms with van der Waals surface area (Å²) in [4.78, 5) is 25.1. The quantitative estimate of drug-likeness (QED) is 0.0198. The molecule has 0 saturated carbocycles. The highest BCUT2D eigenvalue weighted by Gasteiger charge is 2.20. The Morgan fingerprint density at radius 1 is 0.542 bits per heavy atom. The van der Waals surface area contributed by atoms with E-state index in [1.807, 2.05) is 21.1 Å². The molecule has 2 atom stereocenters. The Bertz CT molecular complexity index is 1170. The minimum Gasteiger partial charge on any atom is -0.756 e. The first-order chi connectivity index (χ1) is 28.6. The molecule has 0 amide bonds. The topological polar surface area (TPSA) is 94.1 Å². The molecule has 0 bridgehead atoms. The van der Waals surface area contributed by atoms with E-state index >= 15 is 0 Å². The van der Waals surface area contributed by atoms with Crippen molar-refractivity contribution in [2.45, 2.75) is 187 Å². The van der Waals surface area contributed by atoms with Crippen molar-refractivity contribution in [1.82, 2.24) is 0 Å². The first kappa shape index (κ1) is 56.9. The molecule has 0 N–H and O–H groups in total. The van der Waals surface area contributed by atoms with Crippen molar-refractivity contribution in [2.75, 3.05) is 54.1 Å². The molecule has 2 unspecified atom stereocenters. The van der Waals surface area contributed by atoms with Crippen molar-refractivity contribution in [3.63, 3.8) is 0 Å². The SMILES string of the molecule is CC/C=C\C/C=C\C/C=C\C/C=C\CCCCCCCCC(=O)OC(COCCCCCCCCCC/C=C\C/C=C\CCCCC)COP(=O)([O-])OCC[N+](C)(C)C. The van der Waals surface area contributed by atoms with Crippen LogP contribution in [0.15, 0.2) is 72.9 Å². The molecule has 0 radical (unpaired) electrons. The number of nitrogens with zero attached hydrogens (tertiary/aromatic N) is 1. The summed E-state index contributed by atoms with van der Waals surface area (Å²) in [7, 11) is 1.33. The van der Waals surface area contributed by atoms with Gasteiger partial charge in [-0.25, -0.2) is 0 Å². The van der Waals surface area contributed by atoms with Crippen LogP contribution in [0.3, 0.4) is 0 Å². The number of hydrogen-bond acceptors (Lipinski definition) is 7. The smallest absolute Gasteiger partial charge is 0.306 e. The minimum atomic E-state index is -4.54. The summed E-state index contributed by atoms with van der Waals surface area (Å²) in [6, 6.07) is 0. The zero-order valence-electron chi connectivity index (χ0n) is 38.7. The van der Waals surface area contributed by atoms with E-state index in [1.165, 1.54) is 83.5 Å². The molecule has 8 nitrogen and oxygen atoms in total. The molecule has 0 aliphatic heterocycles. The van der Waals surface area contributed by atoms with Gasteiger partial charge in [-0.15, -0.1) is 0 Å². The Kier molecular flexibility index (Phi) is 41.1. The van der Waals surface area contributed by atoms with E-state index in [4.69, 9.17) is 18.5 Å². The standard InChI is InChI=1S/C50H90NO7P/c1-6-8-10-12-14-16-18-20-22-24-26-27-29-31-33-35-37-39-41-43-50(52)58-49(48-57-59(53,54)56-46-44-51(3,4)5)47-55-45-42-40-38-36-34-32-30-28-25-23-21-19-17-15-13-11-9-7-2/h8,10,14-17,20-23,26-27,49H,6-7,9,11-13,18-19,24-25,28-48H2,1-5H3/b10-8-,16-14-,17-15-,22-20-,23-21-,27-26-. The number of allylic oxidation sites excluding steroid dienone is 12. The van der Waals surface area contributed by atoms with E-state index < -0.39 is 13.9 Å². The highest BCUT2D eigenvalue weighted by molar-refractivity contribution is 7.45. The largest absolute Gasteiger partial charge is 0.756 e. The fraction of sp³-hybridized carbons (Fsp3) is 0.740. The van der Waals surface area contributed by atoms with Crippen molar-refractivity contribution >= 4 is 13.8 Å². The van der Waals surface area contributed by atoms with Crippen molar-refractivity contribution in [3.05, 3.63) is 72.9 Å². The highest BCUT2D eigenvalue weighted by atomic mass is 31.2. The van der Waals surface area contributed by atoms with Crippen LogP contribution in [0.4, 0.5) is 0 Å². The normalized spacial score (nSPS) is 14.3. The number of ether oxygens (including phenoxy) is 2. The number of phosphoric ester groups is 1. The van der Waals surface area contributed by atoms with Gasteiger partial charge in [-0.3, -0.25) is 9.36 Å². The van der Waals surface area contributed by atoms with Gasteiger partial charge in [-0.2, -0.15) is 0 Å². The van der Waals surface area contributed by atoms with Gasteiger partial charge in [0.2, 0.25) is 0 Å². The second-order valence-corrected chi connectivity index (χ2v) is 18.1. The number of phosphoric acid groups is 1. The lowest BCUT2D eigenvalue weighted by Crippen LogP contribution is -2.37. The summed E-state index contributed by atoms with van der Waals surface area (Å²) >= 11 is 0. The number of likely N-dealkylation sites (N-methyl/N-ethyl adjacent to an activating group) is 1. The van der Waals surface area contributed by atoms with Crippen molar-refractivity contribution in [3.8, 4) is 0 Å². The van der Waals surface area contributed by atoms with E-state index in [1.54, 1.807) is 0 Å². The van der Waals surface area contributed by atoms with Gasteiger partial charge in [0.05, 0.1) is 34.4 Å². The monoisotopic (exact) mass is 848 g/mol. The molecule has 0 aromatic rings. The summed E-state index contributed by atoms with van der Waals surface area (Å²) in [5.41, 5.74) is 0. The number of esters is 1. The Morgan fingerprint density at radius 3 is 1.47 bits per heavy atom. The fourth-order valence-corrected chi connectivity index (χ4v) is 6.82. The van der Waals surface area contributed by atoms with E-state index in [2.05, 4.69) is 86.8 Å². The van der Waals surface area contributed by atoms with Crippen LogP contribution in [-0.4, -0.2) is 70.7 Å². The van der Waals surface area contributed by atoms with Crippen LogP contribution >= 0.6 is 7.82 Å². The van der Waals surface area contributed by atoms with Crippen molar-refractivity contribution < 1.29 is 37.3 Å². The Labute approximate surface area is 363 Å².